The molecule has 0 N–H and O–H groups in total. The van der Waals surface area contributed by atoms with Crippen molar-refractivity contribution in [3.8, 4) is 0 Å². The van der Waals surface area contributed by atoms with Gasteiger partial charge < -0.3 is 4.57 Å². The lowest BCUT2D eigenvalue weighted by Crippen LogP contribution is -2.05. The smallest absolute Gasteiger partial charge is 0.0262 e. The summed E-state index contributed by atoms with van der Waals surface area (Å²) in [5.74, 6) is 0. The molecule has 0 atom stereocenters. The van der Waals surface area contributed by atoms with Crippen LogP contribution < -0.4 is 0 Å². The Morgan fingerprint density at radius 3 is 2.61 bits per heavy atom. The van der Waals surface area contributed by atoms with E-state index in [0.717, 1.165) is 13.0 Å². The fourth-order valence-electron chi connectivity index (χ4n) is 2.97. The van der Waals surface area contributed by atoms with Crippen molar-refractivity contribution in [2.24, 2.45) is 0 Å². The van der Waals surface area contributed by atoms with Gasteiger partial charge in [0.15, 0.2) is 0 Å². The number of aromatic nitrogens is 1. The molecule has 18 heavy (non-hydrogen) atoms. The van der Waals surface area contributed by atoms with Crippen molar-refractivity contribution >= 4 is 0 Å². The third kappa shape index (κ3) is 2.50. The predicted octanol–water partition coefficient (Wildman–Crippen LogP) is 4.00. The molecule has 1 nitrogen and oxygen atoms in total. The van der Waals surface area contributed by atoms with Crippen LogP contribution in [0.5, 0.6) is 0 Å². The quantitative estimate of drug-likeness (QED) is 0.713. The van der Waals surface area contributed by atoms with E-state index in [-0.39, 0.29) is 0 Å². The van der Waals surface area contributed by atoms with E-state index in [1.807, 2.05) is 0 Å². The maximum atomic E-state index is 2.48. The molecule has 1 aromatic heterocycles. The molecule has 0 unspecified atom stereocenters. The zero-order valence-electron chi connectivity index (χ0n) is 10.9. The standard InChI is InChI=1S/C17H21N/c1-3-7-15(8-4-1)11-13-18-14-12-16-9-5-2-6-10-17(16)18/h1,3-4,7-8,12,14H,2,5-6,9-11,13H2. The summed E-state index contributed by atoms with van der Waals surface area (Å²) in [4.78, 5) is 0. The maximum Gasteiger partial charge on any atom is 0.0262 e. The average Bonchev–Trinajstić information content (AvgIpc) is 2.65. The molecule has 0 spiro atoms. The number of nitrogens with zero attached hydrogens (tertiary/aromatic N) is 1. The minimum atomic E-state index is 1.12. The highest BCUT2D eigenvalue weighted by Crippen LogP contribution is 2.22. The molecule has 0 bridgehead atoms. The molecule has 0 aliphatic heterocycles. The third-order valence-electron chi connectivity index (χ3n) is 4.02. The Hall–Kier alpha value is -1.50. The lowest BCUT2D eigenvalue weighted by atomic mass is 10.1. The normalized spacial score (nSPS) is 15.1. The van der Waals surface area contributed by atoms with Gasteiger partial charge in [0.05, 0.1) is 0 Å². The molecule has 94 valence electrons. The second-order valence-corrected chi connectivity index (χ2v) is 5.28. The lowest BCUT2D eigenvalue weighted by molar-refractivity contribution is 0.641. The first-order chi connectivity index (χ1) is 8.93. The Morgan fingerprint density at radius 1 is 0.889 bits per heavy atom. The fourth-order valence-corrected chi connectivity index (χ4v) is 2.97. The summed E-state index contributed by atoms with van der Waals surface area (Å²) in [6.07, 6.45) is 10.1. The predicted molar refractivity (Wildman–Crippen MR) is 75.8 cm³/mol. The highest BCUT2D eigenvalue weighted by Gasteiger charge is 2.11. The Labute approximate surface area is 109 Å². The number of fused-ring (bicyclic) bond motifs is 1. The molecular formula is C17H21N. The van der Waals surface area contributed by atoms with E-state index >= 15 is 0 Å². The van der Waals surface area contributed by atoms with Crippen molar-refractivity contribution in [3.05, 3.63) is 59.4 Å². The first-order valence-electron chi connectivity index (χ1n) is 7.14. The van der Waals surface area contributed by atoms with E-state index in [2.05, 4.69) is 47.2 Å². The van der Waals surface area contributed by atoms with E-state index in [0.29, 0.717) is 0 Å². The molecule has 0 saturated carbocycles. The van der Waals surface area contributed by atoms with Gasteiger partial charge in [-0.3, -0.25) is 0 Å². The van der Waals surface area contributed by atoms with Crippen molar-refractivity contribution in [2.45, 2.75) is 45.1 Å². The highest BCUT2D eigenvalue weighted by molar-refractivity contribution is 5.24. The molecule has 0 fully saturated rings. The van der Waals surface area contributed by atoms with Gasteiger partial charge >= 0.3 is 0 Å². The number of benzene rings is 1. The summed E-state index contributed by atoms with van der Waals surface area (Å²) in [6.45, 7) is 1.12. The van der Waals surface area contributed by atoms with Gasteiger partial charge in [0, 0.05) is 18.4 Å². The van der Waals surface area contributed by atoms with Crippen LogP contribution >= 0.6 is 0 Å². The minimum absolute atomic E-state index is 1.12. The van der Waals surface area contributed by atoms with E-state index in [4.69, 9.17) is 0 Å². The summed E-state index contributed by atoms with van der Waals surface area (Å²) in [6, 6.07) is 13.1. The fraction of sp³-hybridized carbons (Fsp3) is 0.412. The van der Waals surface area contributed by atoms with Crippen LogP contribution in [0.4, 0.5) is 0 Å². The summed E-state index contributed by atoms with van der Waals surface area (Å²) in [5.41, 5.74) is 4.64. The van der Waals surface area contributed by atoms with Crippen LogP contribution in [0.3, 0.4) is 0 Å². The van der Waals surface area contributed by atoms with Crippen molar-refractivity contribution in [1.82, 2.24) is 4.57 Å². The zero-order chi connectivity index (χ0) is 12.2. The minimum Gasteiger partial charge on any atom is -0.351 e. The van der Waals surface area contributed by atoms with Crippen LogP contribution in [-0.4, -0.2) is 4.57 Å². The second kappa shape index (κ2) is 5.43. The monoisotopic (exact) mass is 239 g/mol. The first kappa shape index (κ1) is 11.6. The Kier molecular flexibility index (Phi) is 3.49. The summed E-state index contributed by atoms with van der Waals surface area (Å²) in [5, 5.41) is 0. The summed E-state index contributed by atoms with van der Waals surface area (Å²) >= 11 is 0. The van der Waals surface area contributed by atoms with Gasteiger partial charge in [-0.15, -0.1) is 0 Å². The van der Waals surface area contributed by atoms with E-state index in [9.17, 15) is 0 Å². The molecule has 3 rings (SSSR count). The van der Waals surface area contributed by atoms with Crippen molar-refractivity contribution in [1.29, 1.82) is 0 Å². The van der Waals surface area contributed by atoms with Gasteiger partial charge in [-0.05, 0) is 49.3 Å². The molecule has 1 aromatic carbocycles. The van der Waals surface area contributed by atoms with E-state index < -0.39 is 0 Å². The number of aryl methyl sites for hydroxylation is 3. The van der Waals surface area contributed by atoms with Gasteiger partial charge in [0.1, 0.15) is 0 Å². The van der Waals surface area contributed by atoms with Gasteiger partial charge in [-0.2, -0.15) is 0 Å². The SMILES string of the molecule is c1ccc(CCn2ccc3c2CCCCC3)cc1. The molecule has 2 aromatic rings. The molecule has 1 aliphatic carbocycles. The largest absolute Gasteiger partial charge is 0.351 e. The van der Waals surface area contributed by atoms with Crippen LogP contribution in [-0.2, 0) is 25.8 Å². The van der Waals surface area contributed by atoms with Gasteiger partial charge in [-0.1, -0.05) is 36.8 Å². The number of hydrogen-bond donors (Lipinski definition) is 0. The van der Waals surface area contributed by atoms with Crippen LogP contribution in [0.1, 0.15) is 36.1 Å². The third-order valence-corrected chi connectivity index (χ3v) is 4.02. The van der Waals surface area contributed by atoms with Crippen molar-refractivity contribution in [2.75, 3.05) is 0 Å². The molecule has 0 amide bonds. The van der Waals surface area contributed by atoms with Crippen molar-refractivity contribution < 1.29 is 0 Å². The molecule has 1 heterocycles. The molecule has 0 radical (unpaired) electrons. The van der Waals surface area contributed by atoms with Crippen molar-refractivity contribution in [3.63, 3.8) is 0 Å². The van der Waals surface area contributed by atoms with Crippen LogP contribution in [0.2, 0.25) is 0 Å². The number of hydrogen-bond acceptors (Lipinski definition) is 0. The van der Waals surface area contributed by atoms with E-state index in [1.54, 1.807) is 11.3 Å². The zero-order valence-corrected chi connectivity index (χ0v) is 10.9. The average molecular weight is 239 g/mol. The highest BCUT2D eigenvalue weighted by atomic mass is 15.0. The lowest BCUT2D eigenvalue weighted by Gasteiger charge is -2.09. The topological polar surface area (TPSA) is 4.93 Å². The molecule has 1 heteroatoms. The Bertz CT molecular complexity index is 496. The maximum absolute atomic E-state index is 2.48. The summed E-state index contributed by atoms with van der Waals surface area (Å²) < 4.78 is 2.48. The van der Waals surface area contributed by atoms with Gasteiger partial charge in [0.2, 0.25) is 0 Å². The second-order valence-electron chi connectivity index (χ2n) is 5.28. The first-order valence-corrected chi connectivity index (χ1v) is 7.14. The molecular weight excluding hydrogens is 218 g/mol. The van der Waals surface area contributed by atoms with Crippen LogP contribution in [0.15, 0.2) is 42.6 Å². The van der Waals surface area contributed by atoms with Crippen LogP contribution in [0, 0.1) is 0 Å². The van der Waals surface area contributed by atoms with Gasteiger partial charge in [-0.25, -0.2) is 0 Å². The van der Waals surface area contributed by atoms with E-state index in [1.165, 1.54) is 37.7 Å². The van der Waals surface area contributed by atoms with Crippen LogP contribution in [0.25, 0.3) is 0 Å². The van der Waals surface area contributed by atoms with Gasteiger partial charge in [0.25, 0.3) is 0 Å². The Morgan fingerprint density at radius 2 is 1.72 bits per heavy atom. The molecule has 0 saturated heterocycles. The summed E-state index contributed by atoms with van der Waals surface area (Å²) in [7, 11) is 0. The number of rotatable bonds is 3. The molecule has 1 aliphatic rings. The Balaban J connectivity index is 1.72.